The molecule has 1 aromatic rings. The minimum Gasteiger partial charge on any atom is -0.495 e. The van der Waals surface area contributed by atoms with E-state index in [-0.39, 0.29) is 18.0 Å². The first-order chi connectivity index (χ1) is 7.13. The lowest BCUT2D eigenvalue weighted by atomic mass is 10.1. The third-order valence-corrected chi connectivity index (χ3v) is 1.85. The minimum absolute atomic E-state index is 0.0514. The van der Waals surface area contributed by atoms with Crippen molar-refractivity contribution in [2.75, 3.05) is 7.11 Å². The molecule has 0 spiro atoms. The third-order valence-electron chi connectivity index (χ3n) is 1.85. The van der Waals surface area contributed by atoms with E-state index in [0.29, 0.717) is 5.56 Å². The Morgan fingerprint density at radius 1 is 1.67 bits per heavy atom. The number of alkyl halides is 2. The molecule has 0 saturated carbocycles. The van der Waals surface area contributed by atoms with Crippen molar-refractivity contribution in [1.82, 2.24) is 4.98 Å². The number of nitrogens with two attached hydrogens (primary N) is 1. The number of methoxy groups -OCH3 is 1. The number of pyridine rings is 1. The molecule has 0 radical (unpaired) electrons. The maximum Gasteiger partial charge on any atom is 0.284 e. The number of nitrogens with zero attached hydrogens (tertiary/aromatic N) is 2. The topological polar surface area (TPSA) is 71.9 Å². The highest BCUT2D eigenvalue weighted by atomic mass is 19.3. The van der Waals surface area contributed by atoms with Crippen molar-refractivity contribution in [3.05, 3.63) is 23.0 Å². The average molecular weight is 213 g/mol. The van der Waals surface area contributed by atoms with Crippen molar-refractivity contribution >= 4 is 0 Å². The van der Waals surface area contributed by atoms with Gasteiger partial charge in [0.2, 0.25) is 0 Å². The zero-order valence-electron chi connectivity index (χ0n) is 8.00. The van der Waals surface area contributed by atoms with Crippen molar-refractivity contribution in [3.8, 4) is 11.8 Å². The van der Waals surface area contributed by atoms with Crippen molar-refractivity contribution in [2.45, 2.75) is 13.0 Å². The van der Waals surface area contributed by atoms with Gasteiger partial charge in [0.25, 0.3) is 6.43 Å². The van der Waals surface area contributed by atoms with Crippen LogP contribution in [0.1, 0.15) is 23.4 Å². The molecule has 0 aliphatic heterocycles. The quantitative estimate of drug-likeness (QED) is 0.822. The summed E-state index contributed by atoms with van der Waals surface area (Å²) in [6.45, 7) is 0.0514. The molecule has 15 heavy (non-hydrogen) atoms. The lowest BCUT2D eigenvalue weighted by Gasteiger charge is -2.09. The number of hydrogen-bond acceptors (Lipinski definition) is 4. The standard InChI is InChI=1S/C9H9F2N3O/c1-15-7-2-5(3-12)6(4-13)14-8(7)9(10)11/h2,9H,3,12H2,1H3. The van der Waals surface area contributed by atoms with E-state index in [9.17, 15) is 8.78 Å². The van der Waals surface area contributed by atoms with Crippen LogP contribution in [-0.4, -0.2) is 12.1 Å². The molecular formula is C9H9F2N3O. The van der Waals surface area contributed by atoms with Crippen molar-refractivity contribution < 1.29 is 13.5 Å². The average Bonchev–Trinajstić information content (AvgIpc) is 2.26. The molecule has 1 aromatic heterocycles. The van der Waals surface area contributed by atoms with Gasteiger partial charge in [-0.05, 0) is 6.07 Å². The van der Waals surface area contributed by atoms with Gasteiger partial charge < -0.3 is 10.5 Å². The summed E-state index contributed by atoms with van der Waals surface area (Å²) in [7, 11) is 1.26. The lowest BCUT2D eigenvalue weighted by molar-refractivity contribution is 0.141. The summed E-state index contributed by atoms with van der Waals surface area (Å²) in [6, 6.07) is 3.03. The zero-order valence-corrected chi connectivity index (χ0v) is 8.00. The predicted octanol–water partition coefficient (Wildman–Crippen LogP) is 1.36. The molecule has 0 aromatic carbocycles. The molecule has 0 aliphatic rings. The Bertz CT molecular complexity index is 401. The first-order valence-electron chi connectivity index (χ1n) is 4.10. The van der Waals surface area contributed by atoms with Gasteiger partial charge in [0.1, 0.15) is 23.2 Å². The van der Waals surface area contributed by atoms with Crippen LogP contribution >= 0.6 is 0 Å². The number of rotatable bonds is 3. The first kappa shape index (κ1) is 11.3. The summed E-state index contributed by atoms with van der Waals surface area (Å²) in [5.41, 5.74) is 5.10. The van der Waals surface area contributed by atoms with Crippen LogP contribution in [0.25, 0.3) is 0 Å². The van der Waals surface area contributed by atoms with Crippen LogP contribution in [-0.2, 0) is 6.54 Å². The fourth-order valence-corrected chi connectivity index (χ4v) is 1.12. The van der Waals surface area contributed by atoms with Crippen LogP contribution in [0.3, 0.4) is 0 Å². The smallest absolute Gasteiger partial charge is 0.284 e. The Kier molecular flexibility index (Phi) is 3.52. The van der Waals surface area contributed by atoms with Crippen LogP contribution in [0.4, 0.5) is 8.78 Å². The highest BCUT2D eigenvalue weighted by Crippen LogP contribution is 2.28. The monoisotopic (exact) mass is 213 g/mol. The second-order valence-electron chi connectivity index (χ2n) is 2.70. The van der Waals surface area contributed by atoms with Crippen LogP contribution < -0.4 is 10.5 Å². The van der Waals surface area contributed by atoms with E-state index in [4.69, 9.17) is 15.7 Å². The van der Waals surface area contributed by atoms with E-state index in [1.807, 2.05) is 0 Å². The van der Waals surface area contributed by atoms with E-state index in [2.05, 4.69) is 4.98 Å². The summed E-state index contributed by atoms with van der Waals surface area (Å²) in [4.78, 5) is 3.52. The molecule has 0 saturated heterocycles. The van der Waals surface area contributed by atoms with Gasteiger partial charge in [0, 0.05) is 12.1 Å². The highest BCUT2D eigenvalue weighted by Gasteiger charge is 2.18. The van der Waals surface area contributed by atoms with E-state index >= 15 is 0 Å². The molecule has 0 fully saturated rings. The van der Waals surface area contributed by atoms with Gasteiger partial charge in [-0.2, -0.15) is 5.26 Å². The summed E-state index contributed by atoms with van der Waals surface area (Å²) in [5.74, 6) is -0.0514. The van der Waals surface area contributed by atoms with Crippen molar-refractivity contribution in [3.63, 3.8) is 0 Å². The number of nitriles is 1. The van der Waals surface area contributed by atoms with E-state index in [1.54, 1.807) is 6.07 Å². The molecule has 6 heteroatoms. The SMILES string of the molecule is COc1cc(CN)c(C#N)nc1C(F)F. The van der Waals surface area contributed by atoms with Crippen LogP contribution in [0.5, 0.6) is 5.75 Å². The normalized spacial score (nSPS) is 10.1. The van der Waals surface area contributed by atoms with Gasteiger partial charge in [0.05, 0.1) is 7.11 Å². The van der Waals surface area contributed by atoms with Crippen molar-refractivity contribution in [1.29, 1.82) is 5.26 Å². The fourth-order valence-electron chi connectivity index (χ4n) is 1.12. The molecule has 1 heterocycles. The molecule has 4 nitrogen and oxygen atoms in total. The largest absolute Gasteiger partial charge is 0.495 e. The molecule has 0 aliphatic carbocycles. The summed E-state index contributed by atoms with van der Waals surface area (Å²) in [6.07, 6.45) is -2.78. The zero-order chi connectivity index (χ0) is 11.4. The molecular weight excluding hydrogens is 204 g/mol. The molecule has 0 unspecified atom stereocenters. The van der Waals surface area contributed by atoms with Crippen LogP contribution in [0.15, 0.2) is 6.07 Å². The van der Waals surface area contributed by atoms with E-state index < -0.39 is 12.1 Å². The molecule has 0 atom stereocenters. The van der Waals surface area contributed by atoms with Gasteiger partial charge in [-0.25, -0.2) is 13.8 Å². The molecule has 0 bridgehead atoms. The lowest BCUT2D eigenvalue weighted by Crippen LogP contribution is -2.06. The summed E-state index contributed by atoms with van der Waals surface area (Å²) < 4.78 is 29.7. The van der Waals surface area contributed by atoms with Gasteiger partial charge in [-0.3, -0.25) is 0 Å². The Hall–Kier alpha value is -1.74. The second-order valence-corrected chi connectivity index (χ2v) is 2.70. The van der Waals surface area contributed by atoms with Gasteiger partial charge in [-0.15, -0.1) is 0 Å². The van der Waals surface area contributed by atoms with Gasteiger partial charge in [0.15, 0.2) is 0 Å². The molecule has 2 N–H and O–H groups in total. The first-order valence-corrected chi connectivity index (χ1v) is 4.10. The Morgan fingerprint density at radius 3 is 2.73 bits per heavy atom. The number of aromatic nitrogens is 1. The number of ether oxygens (including phenoxy) is 1. The van der Waals surface area contributed by atoms with Crippen LogP contribution in [0.2, 0.25) is 0 Å². The maximum atomic E-state index is 12.5. The Morgan fingerprint density at radius 2 is 2.33 bits per heavy atom. The second kappa shape index (κ2) is 4.66. The fraction of sp³-hybridized carbons (Fsp3) is 0.333. The molecule has 0 amide bonds. The number of hydrogen-bond donors (Lipinski definition) is 1. The third kappa shape index (κ3) is 2.19. The summed E-state index contributed by atoms with van der Waals surface area (Å²) >= 11 is 0. The minimum atomic E-state index is -2.78. The molecule has 1 rings (SSSR count). The van der Waals surface area contributed by atoms with Gasteiger partial charge in [-0.1, -0.05) is 0 Å². The van der Waals surface area contributed by atoms with Gasteiger partial charge >= 0.3 is 0 Å². The Labute approximate surface area is 85.3 Å². The summed E-state index contributed by atoms with van der Waals surface area (Å²) in [5, 5.41) is 8.67. The maximum absolute atomic E-state index is 12.5. The molecule has 80 valence electrons. The van der Waals surface area contributed by atoms with E-state index in [0.717, 1.165) is 0 Å². The van der Waals surface area contributed by atoms with Crippen molar-refractivity contribution in [2.24, 2.45) is 5.73 Å². The van der Waals surface area contributed by atoms with E-state index in [1.165, 1.54) is 13.2 Å². The highest BCUT2D eigenvalue weighted by molar-refractivity contribution is 5.41. The van der Waals surface area contributed by atoms with Crippen LogP contribution in [0, 0.1) is 11.3 Å². The number of halogens is 2. The predicted molar refractivity (Wildman–Crippen MR) is 48.4 cm³/mol. The Balaban J connectivity index is 3.36.